The first-order valence-electron chi connectivity index (χ1n) is 6.43. The molecule has 0 fully saturated rings. The van der Waals surface area contributed by atoms with Gasteiger partial charge in [-0.1, -0.05) is 56.6 Å². The predicted molar refractivity (Wildman–Crippen MR) is 80.9 cm³/mol. The monoisotopic (exact) mass is 274 g/mol. The van der Waals surface area contributed by atoms with Crippen molar-refractivity contribution in [3.8, 4) is 5.75 Å². The molecule has 0 aliphatic heterocycles. The molecule has 19 heavy (non-hydrogen) atoms. The molecule has 0 atom stereocenters. The fourth-order valence-electron chi connectivity index (χ4n) is 1.80. The van der Waals surface area contributed by atoms with Crippen LogP contribution in [0.3, 0.4) is 0 Å². The Morgan fingerprint density at radius 2 is 1.47 bits per heavy atom. The predicted octanol–water partition coefficient (Wildman–Crippen LogP) is 5.22. The number of hydrogen-bond donors (Lipinski definition) is 0. The average Bonchev–Trinajstić information content (AvgIpc) is 2.37. The van der Waals surface area contributed by atoms with E-state index in [2.05, 4.69) is 45.0 Å². The number of hydrogen-bond acceptors (Lipinski definition) is 1. The van der Waals surface area contributed by atoms with Crippen LogP contribution in [0.15, 0.2) is 48.5 Å². The quantitative estimate of drug-likeness (QED) is 0.746. The second kappa shape index (κ2) is 5.66. The van der Waals surface area contributed by atoms with Crippen molar-refractivity contribution in [1.82, 2.24) is 0 Å². The molecular formula is C17H19ClO. The normalized spacial score (nSPS) is 11.4. The van der Waals surface area contributed by atoms with Gasteiger partial charge in [0.1, 0.15) is 12.4 Å². The van der Waals surface area contributed by atoms with E-state index in [0.29, 0.717) is 6.61 Å². The Hall–Kier alpha value is -1.47. The molecule has 0 amide bonds. The van der Waals surface area contributed by atoms with Crippen LogP contribution in [0.25, 0.3) is 0 Å². The molecule has 0 heterocycles. The molecule has 2 heteroatoms. The molecule has 0 radical (unpaired) electrons. The molecule has 100 valence electrons. The van der Waals surface area contributed by atoms with Crippen molar-refractivity contribution in [2.45, 2.75) is 32.8 Å². The van der Waals surface area contributed by atoms with Crippen molar-refractivity contribution in [2.24, 2.45) is 0 Å². The molecule has 0 aromatic heterocycles. The third-order valence-corrected chi connectivity index (χ3v) is 3.29. The van der Waals surface area contributed by atoms with E-state index in [1.165, 1.54) is 11.1 Å². The van der Waals surface area contributed by atoms with Crippen LogP contribution in [0, 0.1) is 0 Å². The summed E-state index contributed by atoms with van der Waals surface area (Å²) in [7, 11) is 0. The minimum Gasteiger partial charge on any atom is -0.489 e. The van der Waals surface area contributed by atoms with E-state index < -0.39 is 0 Å². The lowest BCUT2D eigenvalue weighted by Gasteiger charge is -2.19. The number of halogens is 1. The van der Waals surface area contributed by atoms with Gasteiger partial charge >= 0.3 is 0 Å². The third kappa shape index (κ3) is 4.00. The van der Waals surface area contributed by atoms with Crippen LogP contribution in [-0.2, 0) is 12.0 Å². The molecular weight excluding hydrogens is 256 g/mol. The first-order valence-corrected chi connectivity index (χ1v) is 6.81. The van der Waals surface area contributed by atoms with Gasteiger partial charge in [0.15, 0.2) is 0 Å². The molecule has 0 unspecified atom stereocenters. The van der Waals surface area contributed by atoms with Gasteiger partial charge in [-0.15, -0.1) is 0 Å². The smallest absolute Gasteiger partial charge is 0.119 e. The highest BCUT2D eigenvalue weighted by atomic mass is 35.5. The molecule has 0 aliphatic rings. The fraction of sp³-hybridized carbons (Fsp3) is 0.294. The Balaban J connectivity index is 1.98. The van der Waals surface area contributed by atoms with Gasteiger partial charge in [0.2, 0.25) is 0 Å². The maximum absolute atomic E-state index is 5.83. The van der Waals surface area contributed by atoms with Crippen molar-refractivity contribution in [1.29, 1.82) is 0 Å². The number of benzene rings is 2. The van der Waals surface area contributed by atoms with Gasteiger partial charge in [-0.05, 0) is 40.8 Å². The van der Waals surface area contributed by atoms with Crippen molar-refractivity contribution < 1.29 is 4.74 Å². The van der Waals surface area contributed by atoms with Gasteiger partial charge < -0.3 is 4.74 Å². The maximum atomic E-state index is 5.83. The third-order valence-electron chi connectivity index (χ3n) is 3.04. The van der Waals surface area contributed by atoms with Crippen molar-refractivity contribution in [3.05, 3.63) is 64.7 Å². The van der Waals surface area contributed by atoms with Gasteiger partial charge in [-0.25, -0.2) is 0 Å². The van der Waals surface area contributed by atoms with E-state index in [-0.39, 0.29) is 5.41 Å². The summed E-state index contributed by atoms with van der Waals surface area (Å²) in [5, 5.41) is 0.724. The summed E-state index contributed by atoms with van der Waals surface area (Å²) in [5.74, 6) is 0.837. The summed E-state index contributed by atoms with van der Waals surface area (Å²) in [6, 6.07) is 16.0. The van der Waals surface area contributed by atoms with Crippen molar-refractivity contribution >= 4 is 11.6 Å². The molecule has 0 aliphatic carbocycles. The average molecular weight is 275 g/mol. The molecule has 0 spiro atoms. The minimum atomic E-state index is 0.190. The summed E-state index contributed by atoms with van der Waals surface area (Å²) >= 11 is 5.83. The lowest BCUT2D eigenvalue weighted by atomic mass is 9.87. The van der Waals surface area contributed by atoms with E-state index >= 15 is 0 Å². The molecule has 0 bridgehead atoms. The maximum Gasteiger partial charge on any atom is 0.119 e. The molecule has 0 saturated carbocycles. The zero-order valence-electron chi connectivity index (χ0n) is 11.6. The summed E-state index contributed by atoms with van der Waals surface area (Å²) in [4.78, 5) is 0. The standard InChI is InChI=1S/C17H19ClO/c1-17(2,3)14-6-4-13(5-7-14)12-19-16-10-8-15(18)9-11-16/h4-11H,12H2,1-3H3. The van der Waals surface area contributed by atoms with Gasteiger partial charge in [-0.2, -0.15) is 0 Å². The largest absolute Gasteiger partial charge is 0.489 e. The van der Waals surface area contributed by atoms with Gasteiger partial charge in [-0.3, -0.25) is 0 Å². The number of ether oxygens (including phenoxy) is 1. The van der Waals surface area contributed by atoms with Gasteiger partial charge in [0.05, 0.1) is 0 Å². The highest BCUT2D eigenvalue weighted by Gasteiger charge is 2.12. The Morgan fingerprint density at radius 3 is 2.00 bits per heavy atom. The topological polar surface area (TPSA) is 9.23 Å². The summed E-state index contributed by atoms with van der Waals surface area (Å²) in [6.07, 6.45) is 0. The molecule has 0 N–H and O–H groups in total. The first kappa shape index (κ1) is 14.0. The Labute approximate surface area is 120 Å². The van der Waals surface area contributed by atoms with E-state index in [0.717, 1.165) is 10.8 Å². The van der Waals surface area contributed by atoms with Crippen molar-refractivity contribution in [3.63, 3.8) is 0 Å². The van der Waals surface area contributed by atoms with Crippen LogP contribution in [0.2, 0.25) is 5.02 Å². The molecule has 0 saturated heterocycles. The first-order chi connectivity index (χ1) is 8.95. The Bertz CT molecular complexity index is 521. The second-order valence-corrected chi connectivity index (χ2v) is 6.13. The molecule has 2 aromatic carbocycles. The van der Waals surface area contributed by atoms with E-state index in [1.807, 2.05) is 24.3 Å². The van der Waals surface area contributed by atoms with Crippen LogP contribution in [0.5, 0.6) is 5.75 Å². The minimum absolute atomic E-state index is 0.190. The summed E-state index contributed by atoms with van der Waals surface area (Å²) < 4.78 is 5.71. The molecule has 1 nitrogen and oxygen atoms in total. The fourth-order valence-corrected chi connectivity index (χ4v) is 1.92. The Kier molecular flexibility index (Phi) is 4.16. The van der Waals surface area contributed by atoms with Crippen LogP contribution in [0.1, 0.15) is 31.9 Å². The zero-order chi connectivity index (χ0) is 13.9. The lowest BCUT2D eigenvalue weighted by molar-refractivity contribution is 0.306. The highest BCUT2D eigenvalue weighted by molar-refractivity contribution is 6.30. The summed E-state index contributed by atoms with van der Waals surface area (Å²) in [6.45, 7) is 7.22. The lowest BCUT2D eigenvalue weighted by Crippen LogP contribution is -2.10. The van der Waals surface area contributed by atoms with Crippen LogP contribution in [-0.4, -0.2) is 0 Å². The highest BCUT2D eigenvalue weighted by Crippen LogP contribution is 2.23. The zero-order valence-corrected chi connectivity index (χ0v) is 12.4. The van der Waals surface area contributed by atoms with Crippen LogP contribution < -0.4 is 4.74 Å². The van der Waals surface area contributed by atoms with E-state index in [4.69, 9.17) is 16.3 Å². The van der Waals surface area contributed by atoms with E-state index in [1.54, 1.807) is 0 Å². The SMILES string of the molecule is CC(C)(C)c1ccc(COc2ccc(Cl)cc2)cc1. The molecule has 2 rings (SSSR count). The Morgan fingerprint density at radius 1 is 0.895 bits per heavy atom. The van der Waals surface area contributed by atoms with Crippen molar-refractivity contribution in [2.75, 3.05) is 0 Å². The number of rotatable bonds is 3. The van der Waals surface area contributed by atoms with Gasteiger partial charge in [0.25, 0.3) is 0 Å². The van der Waals surface area contributed by atoms with Crippen LogP contribution in [0.4, 0.5) is 0 Å². The summed E-state index contributed by atoms with van der Waals surface area (Å²) in [5.41, 5.74) is 2.70. The second-order valence-electron chi connectivity index (χ2n) is 5.69. The van der Waals surface area contributed by atoms with Crippen LogP contribution >= 0.6 is 11.6 Å². The van der Waals surface area contributed by atoms with Gasteiger partial charge in [0, 0.05) is 5.02 Å². The van der Waals surface area contributed by atoms with E-state index in [9.17, 15) is 0 Å². The molecule has 2 aromatic rings.